The smallest absolute Gasteiger partial charge is 0.126 e. The molecule has 5 nitrogen and oxygen atoms in total. The van der Waals surface area contributed by atoms with Gasteiger partial charge in [-0.2, -0.15) is 5.10 Å². The zero-order valence-corrected chi connectivity index (χ0v) is 8.70. The van der Waals surface area contributed by atoms with Crippen LogP contribution in [0.25, 0.3) is 0 Å². The fourth-order valence-corrected chi connectivity index (χ4v) is 2.38. The average molecular weight is 208 g/mol. The van der Waals surface area contributed by atoms with Gasteiger partial charge in [-0.25, -0.2) is 4.68 Å². The second-order valence-corrected chi connectivity index (χ2v) is 4.20. The molecule has 0 atom stereocenters. The van der Waals surface area contributed by atoms with Gasteiger partial charge in [0.1, 0.15) is 5.82 Å². The van der Waals surface area contributed by atoms with Crippen LogP contribution in [0, 0.1) is 0 Å². The summed E-state index contributed by atoms with van der Waals surface area (Å²) in [6.45, 7) is 3.37. The number of nitrogens with zero attached hydrogens (tertiary/aromatic N) is 2. The first-order chi connectivity index (χ1) is 7.36. The molecule has 0 unspecified atom stereocenters. The van der Waals surface area contributed by atoms with Gasteiger partial charge in [0, 0.05) is 31.9 Å². The molecule has 2 aliphatic rings. The molecule has 0 saturated carbocycles. The summed E-state index contributed by atoms with van der Waals surface area (Å²) in [7, 11) is 0. The molecule has 0 radical (unpaired) electrons. The van der Waals surface area contributed by atoms with E-state index >= 15 is 0 Å². The molecule has 0 spiro atoms. The third kappa shape index (κ3) is 1.42. The van der Waals surface area contributed by atoms with E-state index in [2.05, 4.69) is 10.4 Å². The van der Waals surface area contributed by atoms with Crippen LogP contribution in [0.5, 0.6) is 0 Å². The van der Waals surface area contributed by atoms with E-state index < -0.39 is 0 Å². The zero-order valence-electron chi connectivity index (χ0n) is 8.70. The van der Waals surface area contributed by atoms with E-state index in [1.54, 1.807) is 0 Å². The molecule has 15 heavy (non-hydrogen) atoms. The Morgan fingerprint density at radius 1 is 1.33 bits per heavy atom. The van der Waals surface area contributed by atoms with Gasteiger partial charge in [-0.05, 0) is 12.8 Å². The maximum absolute atomic E-state index is 6.11. The summed E-state index contributed by atoms with van der Waals surface area (Å²) in [5.41, 5.74) is 8.43. The lowest BCUT2D eigenvalue weighted by Gasteiger charge is -2.23. The maximum atomic E-state index is 6.11. The van der Waals surface area contributed by atoms with Crippen LogP contribution >= 0.6 is 0 Å². The Morgan fingerprint density at radius 3 is 2.87 bits per heavy atom. The molecule has 3 rings (SSSR count). The summed E-state index contributed by atoms with van der Waals surface area (Å²) < 4.78 is 7.35. The third-order valence-corrected chi connectivity index (χ3v) is 3.26. The number of nitrogens with two attached hydrogens (primary N) is 1. The first-order valence-corrected chi connectivity index (χ1v) is 5.50. The van der Waals surface area contributed by atoms with E-state index in [1.165, 1.54) is 5.56 Å². The van der Waals surface area contributed by atoms with Crippen molar-refractivity contribution in [3.05, 3.63) is 11.3 Å². The number of anilines is 1. The van der Waals surface area contributed by atoms with E-state index in [9.17, 15) is 0 Å². The lowest BCUT2D eigenvalue weighted by Crippen LogP contribution is -2.22. The van der Waals surface area contributed by atoms with Gasteiger partial charge in [0.05, 0.1) is 11.7 Å². The van der Waals surface area contributed by atoms with Crippen molar-refractivity contribution >= 4 is 5.82 Å². The lowest BCUT2D eigenvalue weighted by atomic mass is 10.1. The number of nitrogen functional groups attached to an aromatic ring is 1. The third-order valence-electron chi connectivity index (χ3n) is 3.26. The summed E-state index contributed by atoms with van der Waals surface area (Å²) in [6.07, 6.45) is 2.05. The molecule has 1 fully saturated rings. The minimum atomic E-state index is 0.435. The van der Waals surface area contributed by atoms with Crippen molar-refractivity contribution in [1.82, 2.24) is 15.1 Å². The molecule has 5 heteroatoms. The molecule has 1 aromatic heterocycles. The molecule has 1 saturated heterocycles. The Hall–Kier alpha value is -1.07. The predicted octanol–water partition coefficient (Wildman–Crippen LogP) is 0.420. The van der Waals surface area contributed by atoms with Gasteiger partial charge >= 0.3 is 0 Å². The summed E-state index contributed by atoms with van der Waals surface area (Å²) >= 11 is 0. The molecular formula is C10H16N4O. The van der Waals surface area contributed by atoms with Gasteiger partial charge in [0.15, 0.2) is 0 Å². The quantitative estimate of drug-likeness (QED) is 0.702. The van der Waals surface area contributed by atoms with Crippen LogP contribution in [0.3, 0.4) is 0 Å². The fraction of sp³-hybridized carbons (Fsp3) is 0.700. The van der Waals surface area contributed by atoms with E-state index in [0.717, 1.165) is 50.7 Å². The van der Waals surface area contributed by atoms with Crippen LogP contribution in [0.4, 0.5) is 5.82 Å². The van der Waals surface area contributed by atoms with Gasteiger partial charge in [-0.1, -0.05) is 0 Å². The highest BCUT2D eigenvalue weighted by Crippen LogP contribution is 2.28. The Kier molecular flexibility index (Phi) is 2.14. The normalized spacial score (nSPS) is 21.9. The van der Waals surface area contributed by atoms with Gasteiger partial charge in [0.2, 0.25) is 0 Å². The Bertz CT molecular complexity index is 368. The minimum Gasteiger partial charge on any atom is -0.384 e. The molecule has 0 bridgehead atoms. The highest BCUT2D eigenvalue weighted by Gasteiger charge is 2.25. The second-order valence-electron chi connectivity index (χ2n) is 4.20. The number of hydrogen-bond acceptors (Lipinski definition) is 4. The van der Waals surface area contributed by atoms with Crippen LogP contribution in [0.15, 0.2) is 0 Å². The van der Waals surface area contributed by atoms with E-state index in [0.29, 0.717) is 6.04 Å². The van der Waals surface area contributed by atoms with Gasteiger partial charge < -0.3 is 15.8 Å². The van der Waals surface area contributed by atoms with Crippen LogP contribution in [0.1, 0.15) is 30.1 Å². The average Bonchev–Trinajstić information content (AvgIpc) is 2.83. The number of ether oxygens (including phenoxy) is 1. The monoisotopic (exact) mass is 208 g/mol. The van der Waals surface area contributed by atoms with Gasteiger partial charge in [-0.15, -0.1) is 0 Å². The lowest BCUT2D eigenvalue weighted by molar-refractivity contribution is 0.0667. The molecule has 0 aliphatic carbocycles. The Morgan fingerprint density at radius 2 is 2.13 bits per heavy atom. The highest BCUT2D eigenvalue weighted by molar-refractivity contribution is 5.45. The van der Waals surface area contributed by atoms with Crippen molar-refractivity contribution in [1.29, 1.82) is 0 Å². The first-order valence-electron chi connectivity index (χ1n) is 5.50. The SMILES string of the molecule is Nc1c2c(nn1C1CCOCC1)CNC2. The zero-order chi connectivity index (χ0) is 10.3. The molecule has 1 aromatic rings. The molecule has 0 aromatic carbocycles. The van der Waals surface area contributed by atoms with E-state index in [4.69, 9.17) is 10.5 Å². The number of hydrogen-bond donors (Lipinski definition) is 2. The second kappa shape index (κ2) is 3.50. The number of aromatic nitrogens is 2. The maximum Gasteiger partial charge on any atom is 0.126 e. The molecule has 0 amide bonds. The standard InChI is InChI=1S/C10H16N4O/c11-10-8-5-12-6-9(8)13-14(10)7-1-3-15-4-2-7/h7,12H,1-6,11H2. The number of rotatable bonds is 1. The summed E-state index contributed by atoms with van der Waals surface area (Å²) in [5.74, 6) is 0.849. The van der Waals surface area contributed by atoms with Crippen molar-refractivity contribution < 1.29 is 4.74 Å². The van der Waals surface area contributed by atoms with Crippen LogP contribution < -0.4 is 11.1 Å². The summed E-state index contributed by atoms with van der Waals surface area (Å²) in [4.78, 5) is 0. The minimum absolute atomic E-state index is 0.435. The topological polar surface area (TPSA) is 65.1 Å². The van der Waals surface area contributed by atoms with Crippen LogP contribution in [0.2, 0.25) is 0 Å². The van der Waals surface area contributed by atoms with E-state index in [1.807, 2.05) is 4.68 Å². The summed E-state index contributed by atoms with van der Waals surface area (Å²) in [6, 6.07) is 0.435. The fourth-order valence-electron chi connectivity index (χ4n) is 2.38. The molecular weight excluding hydrogens is 192 g/mol. The van der Waals surface area contributed by atoms with Gasteiger partial charge in [-0.3, -0.25) is 0 Å². The molecule has 3 heterocycles. The summed E-state index contributed by atoms with van der Waals surface area (Å²) in [5, 5.41) is 7.85. The highest BCUT2D eigenvalue weighted by atomic mass is 16.5. The van der Waals surface area contributed by atoms with Crippen molar-refractivity contribution in [3.8, 4) is 0 Å². The van der Waals surface area contributed by atoms with Crippen molar-refractivity contribution in [3.63, 3.8) is 0 Å². The number of fused-ring (bicyclic) bond motifs is 1. The van der Waals surface area contributed by atoms with E-state index in [-0.39, 0.29) is 0 Å². The number of nitrogens with one attached hydrogen (secondary N) is 1. The van der Waals surface area contributed by atoms with Crippen LogP contribution in [-0.4, -0.2) is 23.0 Å². The van der Waals surface area contributed by atoms with Gasteiger partial charge in [0.25, 0.3) is 0 Å². The van der Waals surface area contributed by atoms with Crippen molar-refractivity contribution in [2.45, 2.75) is 32.0 Å². The van der Waals surface area contributed by atoms with Crippen LogP contribution in [-0.2, 0) is 17.8 Å². The first kappa shape index (κ1) is 9.18. The van der Waals surface area contributed by atoms with Crippen molar-refractivity contribution in [2.24, 2.45) is 0 Å². The van der Waals surface area contributed by atoms with Crippen molar-refractivity contribution in [2.75, 3.05) is 18.9 Å². The predicted molar refractivity (Wildman–Crippen MR) is 56.3 cm³/mol. The largest absolute Gasteiger partial charge is 0.384 e. The molecule has 82 valence electrons. The molecule has 3 N–H and O–H groups in total. The Balaban J connectivity index is 1.91. The molecule has 2 aliphatic heterocycles. The Labute approximate surface area is 88.6 Å².